The van der Waals surface area contributed by atoms with Gasteiger partial charge in [-0.25, -0.2) is 0 Å². The Bertz CT molecular complexity index is 338. The number of nitrogen functional groups attached to an aromatic ring is 1. The molecule has 0 atom stereocenters. The molecule has 3 heteroatoms. The van der Waals surface area contributed by atoms with Crippen molar-refractivity contribution in [1.82, 2.24) is 0 Å². The van der Waals surface area contributed by atoms with Crippen LogP contribution in [-0.2, 0) is 10.0 Å². The third-order valence-corrected chi connectivity index (χ3v) is 4.20. The Morgan fingerprint density at radius 1 is 1.00 bits per heavy atom. The lowest BCUT2D eigenvalue weighted by Gasteiger charge is -2.30. The van der Waals surface area contributed by atoms with E-state index in [0.29, 0.717) is 5.04 Å². The summed E-state index contributed by atoms with van der Waals surface area (Å²) >= 11 is 0. The maximum atomic E-state index is 6.12. The standard InChI is InChI=1S/C13H23NOSi/c1-12(2,3)16-15-13(4,5)10-6-8-11(14)9-7-10/h6-9H,14,16H2,1-5H3. The van der Waals surface area contributed by atoms with Gasteiger partial charge < -0.3 is 10.2 Å². The van der Waals surface area contributed by atoms with Gasteiger partial charge in [-0.1, -0.05) is 32.9 Å². The Hall–Kier alpha value is -0.803. The second-order valence-electron chi connectivity index (χ2n) is 5.98. The van der Waals surface area contributed by atoms with Gasteiger partial charge in [-0.15, -0.1) is 0 Å². The van der Waals surface area contributed by atoms with E-state index in [-0.39, 0.29) is 5.60 Å². The summed E-state index contributed by atoms with van der Waals surface area (Å²) in [6, 6.07) is 7.96. The first-order valence-electron chi connectivity index (χ1n) is 5.71. The average molecular weight is 237 g/mol. The molecule has 1 aromatic carbocycles. The van der Waals surface area contributed by atoms with Crippen LogP contribution in [0.3, 0.4) is 0 Å². The molecule has 0 unspecified atom stereocenters. The zero-order valence-electron chi connectivity index (χ0n) is 11.0. The van der Waals surface area contributed by atoms with Gasteiger partial charge in [-0.05, 0) is 36.6 Å². The predicted octanol–water partition coefficient (Wildman–Crippen LogP) is 2.82. The summed E-state index contributed by atoms with van der Waals surface area (Å²) in [5.74, 6) is 0. The zero-order valence-corrected chi connectivity index (χ0v) is 12.4. The molecule has 0 aliphatic rings. The van der Waals surface area contributed by atoms with E-state index in [2.05, 4.69) is 34.6 Å². The molecule has 1 rings (SSSR count). The third-order valence-electron chi connectivity index (χ3n) is 2.47. The van der Waals surface area contributed by atoms with Crippen molar-refractivity contribution in [2.75, 3.05) is 5.73 Å². The van der Waals surface area contributed by atoms with E-state index in [1.807, 2.05) is 24.3 Å². The maximum Gasteiger partial charge on any atom is 0.168 e. The number of hydrogen-bond donors (Lipinski definition) is 1. The van der Waals surface area contributed by atoms with Crippen LogP contribution in [0.4, 0.5) is 5.69 Å². The number of hydrogen-bond acceptors (Lipinski definition) is 2. The summed E-state index contributed by atoms with van der Waals surface area (Å²) in [6.07, 6.45) is 0. The highest BCUT2D eigenvalue weighted by molar-refractivity contribution is 6.31. The molecular weight excluding hydrogens is 214 g/mol. The highest BCUT2D eigenvalue weighted by Gasteiger charge is 2.24. The van der Waals surface area contributed by atoms with Crippen LogP contribution in [0.2, 0.25) is 5.04 Å². The number of anilines is 1. The van der Waals surface area contributed by atoms with Crippen LogP contribution in [-0.4, -0.2) is 9.76 Å². The fourth-order valence-electron chi connectivity index (χ4n) is 1.36. The Labute approximate surface area is 101 Å². The second kappa shape index (κ2) is 4.59. The largest absolute Gasteiger partial charge is 0.415 e. The first-order chi connectivity index (χ1) is 7.21. The molecule has 0 spiro atoms. The van der Waals surface area contributed by atoms with Crippen molar-refractivity contribution in [2.45, 2.75) is 45.3 Å². The van der Waals surface area contributed by atoms with E-state index in [0.717, 1.165) is 5.69 Å². The molecule has 1 aromatic rings. The molecule has 2 nitrogen and oxygen atoms in total. The van der Waals surface area contributed by atoms with Gasteiger partial charge in [0.1, 0.15) is 0 Å². The van der Waals surface area contributed by atoms with Gasteiger partial charge in [-0.2, -0.15) is 0 Å². The van der Waals surface area contributed by atoms with Crippen LogP contribution in [0.25, 0.3) is 0 Å². The summed E-state index contributed by atoms with van der Waals surface area (Å²) in [5, 5.41) is 0.324. The molecule has 0 heterocycles. The zero-order chi connectivity index (χ0) is 12.4. The van der Waals surface area contributed by atoms with Crippen molar-refractivity contribution < 1.29 is 4.43 Å². The van der Waals surface area contributed by atoms with Gasteiger partial charge in [0.15, 0.2) is 9.76 Å². The fraction of sp³-hybridized carbons (Fsp3) is 0.538. The van der Waals surface area contributed by atoms with Crippen molar-refractivity contribution in [3.63, 3.8) is 0 Å². The topological polar surface area (TPSA) is 35.2 Å². The van der Waals surface area contributed by atoms with E-state index in [4.69, 9.17) is 10.2 Å². The Balaban J connectivity index is 2.73. The smallest absolute Gasteiger partial charge is 0.168 e. The summed E-state index contributed by atoms with van der Waals surface area (Å²) in [7, 11) is -0.539. The second-order valence-corrected chi connectivity index (χ2v) is 8.68. The van der Waals surface area contributed by atoms with Gasteiger partial charge >= 0.3 is 0 Å². The molecule has 0 saturated carbocycles. The van der Waals surface area contributed by atoms with E-state index < -0.39 is 9.76 Å². The molecule has 0 aliphatic heterocycles. The molecule has 0 bridgehead atoms. The summed E-state index contributed by atoms with van der Waals surface area (Å²) in [6.45, 7) is 10.9. The van der Waals surface area contributed by atoms with E-state index in [9.17, 15) is 0 Å². The van der Waals surface area contributed by atoms with Crippen LogP contribution < -0.4 is 5.73 Å². The van der Waals surface area contributed by atoms with Crippen molar-refractivity contribution in [3.8, 4) is 0 Å². The number of nitrogens with two attached hydrogens (primary N) is 1. The fourth-order valence-corrected chi connectivity index (χ4v) is 2.33. The molecule has 16 heavy (non-hydrogen) atoms. The predicted molar refractivity (Wildman–Crippen MR) is 73.2 cm³/mol. The van der Waals surface area contributed by atoms with Crippen molar-refractivity contribution >= 4 is 15.5 Å². The lowest BCUT2D eigenvalue weighted by molar-refractivity contribution is 0.109. The summed E-state index contributed by atoms with van der Waals surface area (Å²) < 4.78 is 6.12. The van der Waals surface area contributed by atoms with Crippen LogP contribution >= 0.6 is 0 Å². The lowest BCUT2D eigenvalue weighted by Crippen LogP contribution is -2.27. The van der Waals surface area contributed by atoms with E-state index in [1.54, 1.807) is 0 Å². The quantitative estimate of drug-likeness (QED) is 0.648. The minimum Gasteiger partial charge on any atom is -0.415 e. The maximum absolute atomic E-state index is 6.12. The SMILES string of the molecule is CC(C)(C)[SiH2]OC(C)(C)c1ccc(N)cc1. The van der Waals surface area contributed by atoms with Crippen molar-refractivity contribution in [1.29, 1.82) is 0 Å². The molecule has 0 aromatic heterocycles. The van der Waals surface area contributed by atoms with Crippen LogP contribution in [0.15, 0.2) is 24.3 Å². The highest BCUT2D eigenvalue weighted by atomic mass is 28.2. The Morgan fingerprint density at radius 3 is 1.94 bits per heavy atom. The van der Waals surface area contributed by atoms with Gasteiger partial charge in [0.05, 0.1) is 5.60 Å². The molecule has 0 fully saturated rings. The van der Waals surface area contributed by atoms with Crippen LogP contribution in [0.5, 0.6) is 0 Å². The van der Waals surface area contributed by atoms with E-state index in [1.165, 1.54) is 5.56 Å². The molecule has 0 saturated heterocycles. The molecule has 0 aliphatic carbocycles. The molecular formula is C13H23NOSi. The average Bonchev–Trinajstić information content (AvgIpc) is 2.15. The summed E-state index contributed by atoms with van der Waals surface area (Å²) in [5.41, 5.74) is 7.47. The summed E-state index contributed by atoms with van der Waals surface area (Å²) in [4.78, 5) is 0. The first-order valence-corrected chi connectivity index (χ1v) is 6.99. The third kappa shape index (κ3) is 3.98. The minimum absolute atomic E-state index is 0.201. The van der Waals surface area contributed by atoms with Crippen molar-refractivity contribution in [3.05, 3.63) is 29.8 Å². The molecule has 0 amide bonds. The van der Waals surface area contributed by atoms with Gasteiger partial charge in [-0.3, -0.25) is 0 Å². The van der Waals surface area contributed by atoms with Gasteiger partial charge in [0.2, 0.25) is 0 Å². The van der Waals surface area contributed by atoms with Crippen LogP contribution in [0, 0.1) is 0 Å². The van der Waals surface area contributed by atoms with Gasteiger partial charge in [0.25, 0.3) is 0 Å². The molecule has 2 N–H and O–H groups in total. The van der Waals surface area contributed by atoms with Crippen molar-refractivity contribution in [2.24, 2.45) is 0 Å². The minimum atomic E-state index is -0.539. The lowest BCUT2D eigenvalue weighted by atomic mass is 9.98. The Kier molecular flexibility index (Phi) is 3.81. The normalized spacial score (nSPS) is 13.6. The highest BCUT2D eigenvalue weighted by Crippen LogP contribution is 2.29. The van der Waals surface area contributed by atoms with Gasteiger partial charge in [0, 0.05) is 5.69 Å². The Morgan fingerprint density at radius 2 is 1.50 bits per heavy atom. The number of benzene rings is 1. The van der Waals surface area contributed by atoms with E-state index >= 15 is 0 Å². The monoisotopic (exact) mass is 237 g/mol. The number of rotatable bonds is 3. The van der Waals surface area contributed by atoms with Crippen LogP contribution in [0.1, 0.15) is 40.2 Å². The molecule has 0 radical (unpaired) electrons. The first kappa shape index (κ1) is 13.3. The molecule has 90 valence electrons.